The van der Waals surface area contributed by atoms with Crippen LogP contribution in [0.2, 0.25) is 0 Å². The van der Waals surface area contributed by atoms with Crippen molar-refractivity contribution < 1.29 is 9.23 Å². The Labute approximate surface area is 64.9 Å². The van der Waals surface area contributed by atoms with E-state index in [-0.39, 0.29) is 5.82 Å². The molecule has 1 aromatic carbocycles. The molecule has 0 atom stereocenters. The van der Waals surface area contributed by atoms with Crippen LogP contribution in [-0.4, -0.2) is 7.11 Å². The number of hydrogen-bond acceptors (Lipinski definition) is 3. The molecule has 0 aliphatic rings. The van der Waals surface area contributed by atoms with Gasteiger partial charge in [0.1, 0.15) is 5.82 Å². The van der Waals surface area contributed by atoms with Gasteiger partial charge in [0.25, 0.3) is 0 Å². The first kappa shape index (κ1) is 10.0. The summed E-state index contributed by atoms with van der Waals surface area (Å²) in [5.41, 5.74) is 1.93. The zero-order valence-corrected chi connectivity index (χ0v) is 6.25. The van der Waals surface area contributed by atoms with Crippen molar-refractivity contribution in [3.63, 3.8) is 0 Å². The Balaban J connectivity index is 0.000000218. The smallest absolute Gasteiger partial charge is 0.123 e. The first-order chi connectivity index (χ1) is 5.31. The quantitative estimate of drug-likeness (QED) is 0.470. The van der Waals surface area contributed by atoms with Gasteiger partial charge in [-0.1, -0.05) is 18.2 Å². The average molecular weight is 158 g/mol. The largest absolute Gasteiger partial charge is 0.291 e. The Morgan fingerprint density at radius 2 is 1.82 bits per heavy atom. The van der Waals surface area contributed by atoms with E-state index in [1.165, 1.54) is 19.2 Å². The Hall–Kier alpha value is -0.970. The Morgan fingerprint density at radius 3 is 2.00 bits per heavy atom. The van der Waals surface area contributed by atoms with E-state index in [1.807, 2.05) is 5.59 Å². The molecule has 0 fully saturated rings. The average Bonchev–Trinajstić information content (AvgIpc) is 2.07. The molecule has 0 aromatic heterocycles. The molecule has 0 aliphatic carbocycles. The highest BCUT2D eigenvalue weighted by Gasteiger charge is 1.77. The number of halogens is 1. The van der Waals surface area contributed by atoms with Gasteiger partial charge in [0, 0.05) is 0 Å². The van der Waals surface area contributed by atoms with Gasteiger partial charge in [-0.3, -0.25) is 4.84 Å². The third kappa shape index (κ3) is 6.92. The minimum atomic E-state index is -0.178. The zero-order chi connectivity index (χ0) is 8.53. The molecule has 0 amide bonds. The zero-order valence-electron chi connectivity index (χ0n) is 6.25. The molecule has 1 aromatic rings. The van der Waals surface area contributed by atoms with E-state index < -0.39 is 0 Å². The molecular formula is C7H11FN2O. The summed E-state index contributed by atoms with van der Waals surface area (Å²) in [4.78, 5) is 4.07. The summed E-state index contributed by atoms with van der Waals surface area (Å²) in [6.45, 7) is 0. The predicted molar refractivity (Wildman–Crippen MR) is 40.7 cm³/mol. The molecule has 4 heteroatoms. The first-order valence-corrected chi connectivity index (χ1v) is 3.00. The second-order valence-corrected chi connectivity index (χ2v) is 1.62. The van der Waals surface area contributed by atoms with Gasteiger partial charge >= 0.3 is 0 Å². The third-order valence-corrected chi connectivity index (χ3v) is 0.851. The van der Waals surface area contributed by atoms with Gasteiger partial charge in [-0.15, -0.1) is 5.59 Å². The number of hydrazine groups is 1. The molecule has 0 saturated carbocycles. The summed E-state index contributed by atoms with van der Waals surface area (Å²) in [6, 6.07) is 7.94. The second-order valence-electron chi connectivity index (χ2n) is 1.62. The van der Waals surface area contributed by atoms with Crippen LogP contribution in [0.3, 0.4) is 0 Å². The highest BCUT2D eigenvalue weighted by Crippen LogP contribution is 1.91. The molecule has 0 heterocycles. The van der Waals surface area contributed by atoms with Gasteiger partial charge in [-0.25, -0.2) is 10.2 Å². The molecular weight excluding hydrogens is 147 g/mol. The lowest BCUT2D eigenvalue weighted by Gasteiger charge is -1.80. The van der Waals surface area contributed by atoms with Crippen molar-refractivity contribution in [2.75, 3.05) is 7.11 Å². The van der Waals surface area contributed by atoms with Crippen LogP contribution in [0.5, 0.6) is 0 Å². The maximum atomic E-state index is 11.9. The van der Waals surface area contributed by atoms with Crippen molar-refractivity contribution in [2.45, 2.75) is 0 Å². The van der Waals surface area contributed by atoms with E-state index in [1.54, 1.807) is 18.2 Å². The number of hydrogen-bond donors (Lipinski definition) is 2. The van der Waals surface area contributed by atoms with Gasteiger partial charge in [-0.2, -0.15) is 0 Å². The molecule has 0 radical (unpaired) electrons. The number of nitrogens with two attached hydrogens (primary N) is 1. The van der Waals surface area contributed by atoms with Crippen LogP contribution < -0.4 is 11.4 Å². The van der Waals surface area contributed by atoms with Crippen LogP contribution in [0.15, 0.2) is 30.3 Å². The molecule has 3 N–H and O–H groups in total. The molecule has 0 saturated heterocycles. The summed E-state index contributed by atoms with van der Waals surface area (Å²) in [5.74, 6) is 4.38. The fourth-order valence-corrected chi connectivity index (χ4v) is 0.415. The summed E-state index contributed by atoms with van der Waals surface area (Å²) in [5, 5.41) is 0. The molecule has 1 rings (SSSR count). The lowest BCUT2D eigenvalue weighted by Crippen LogP contribution is -2.19. The van der Waals surface area contributed by atoms with Crippen molar-refractivity contribution >= 4 is 0 Å². The van der Waals surface area contributed by atoms with Gasteiger partial charge in [0.15, 0.2) is 0 Å². The summed E-state index contributed by atoms with van der Waals surface area (Å²) >= 11 is 0. The van der Waals surface area contributed by atoms with E-state index in [4.69, 9.17) is 0 Å². The molecule has 0 bridgehead atoms. The van der Waals surface area contributed by atoms with E-state index in [0.717, 1.165) is 0 Å². The van der Waals surface area contributed by atoms with Crippen molar-refractivity contribution in [3.8, 4) is 0 Å². The van der Waals surface area contributed by atoms with Crippen LogP contribution in [0.1, 0.15) is 0 Å². The molecule has 0 unspecified atom stereocenters. The number of rotatable bonds is 1. The normalized spacial score (nSPS) is 8.27. The lowest BCUT2D eigenvalue weighted by molar-refractivity contribution is 0.0925. The first-order valence-electron chi connectivity index (χ1n) is 3.00. The van der Waals surface area contributed by atoms with Gasteiger partial charge in [0.05, 0.1) is 7.11 Å². The molecule has 0 aliphatic heterocycles. The van der Waals surface area contributed by atoms with E-state index in [2.05, 4.69) is 10.7 Å². The van der Waals surface area contributed by atoms with Crippen LogP contribution in [-0.2, 0) is 4.84 Å². The van der Waals surface area contributed by atoms with Gasteiger partial charge in [-0.05, 0) is 12.1 Å². The minimum Gasteiger partial charge on any atom is -0.291 e. The molecule has 62 valence electrons. The predicted octanol–water partition coefficient (Wildman–Crippen LogP) is 0.837. The van der Waals surface area contributed by atoms with Crippen LogP contribution >= 0.6 is 0 Å². The summed E-state index contributed by atoms with van der Waals surface area (Å²) < 4.78 is 11.9. The Morgan fingerprint density at radius 1 is 1.36 bits per heavy atom. The summed E-state index contributed by atoms with van der Waals surface area (Å²) in [7, 11) is 1.44. The van der Waals surface area contributed by atoms with E-state index in [9.17, 15) is 4.39 Å². The highest BCUT2D eigenvalue weighted by molar-refractivity contribution is 5.02. The number of nitrogens with one attached hydrogen (secondary N) is 1. The van der Waals surface area contributed by atoms with Gasteiger partial charge in [0.2, 0.25) is 0 Å². The van der Waals surface area contributed by atoms with Gasteiger partial charge < -0.3 is 0 Å². The van der Waals surface area contributed by atoms with E-state index >= 15 is 0 Å². The second kappa shape index (κ2) is 7.14. The fourth-order valence-electron chi connectivity index (χ4n) is 0.415. The lowest BCUT2D eigenvalue weighted by atomic mass is 10.4. The van der Waals surface area contributed by atoms with Crippen molar-refractivity contribution in [1.82, 2.24) is 5.59 Å². The SMILES string of the molecule is CONN.Fc1ccccc1. The summed E-state index contributed by atoms with van der Waals surface area (Å²) in [6.07, 6.45) is 0. The Bertz CT molecular complexity index is 167. The third-order valence-electron chi connectivity index (χ3n) is 0.851. The highest BCUT2D eigenvalue weighted by atomic mass is 19.1. The van der Waals surface area contributed by atoms with Crippen LogP contribution in [0.4, 0.5) is 4.39 Å². The monoisotopic (exact) mass is 158 g/mol. The fraction of sp³-hybridized carbons (Fsp3) is 0.143. The number of benzene rings is 1. The van der Waals surface area contributed by atoms with Crippen LogP contribution in [0.25, 0.3) is 0 Å². The molecule has 3 nitrogen and oxygen atoms in total. The Kier molecular flexibility index (Phi) is 6.51. The minimum absolute atomic E-state index is 0.178. The van der Waals surface area contributed by atoms with Crippen molar-refractivity contribution in [1.29, 1.82) is 0 Å². The van der Waals surface area contributed by atoms with Crippen LogP contribution in [0, 0.1) is 5.82 Å². The molecule has 0 spiro atoms. The van der Waals surface area contributed by atoms with Crippen molar-refractivity contribution in [2.24, 2.45) is 5.84 Å². The van der Waals surface area contributed by atoms with Crippen molar-refractivity contribution in [3.05, 3.63) is 36.1 Å². The topological polar surface area (TPSA) is 47.3 Å². The molecule has 11 heavy (non-hydrogen) atoms. The maximum absolute atomic E-state index is 11.9. The van der Waals surface area contributed by atoms with E-state index in [0.29, 0.717) is 0 Å². The standard InChI is InChI=1S/C6H5F.CH6N2O/c7-6-4-2-1-3-5-6;1-4-3-2/h1-5H;3H,2H2,1H3. The maximum Gasteiger partial charge on any atom is 0.123 e.